The number of nitrogens with zero attached hydrogens (tertiary/aromatic N) is 2. The van der Waals surface area contributed by atoms with Crippen LogP contribution >= 0.6 is 0 Å². The van der Waals surface area contributed by atoms with Gasteiger partial charge in [0.15, 0.2) is 5.96 Å². The van der Waals surface area contributed by atoms with E-state index in [9.17, 15) is 0 Å². The molecule has 0 saturated carbocycles. The standard InChI is InChI=1S/C19H34N4O/c1-20-19(21-14-10-6-5-7-11-15-23(2)3)22-16-17-12-8-9-13-18(17)24-4/h8-9,12-13H,5-7,10-11,14-16H2,1-4H3,(H2,20,21,22). The molecule has 0 aliphatic rings. The number of aliphatic imine (C=N–C) groups is 1. The van der Waals surface area contributed by atoms with Crippen LogP contribution in [0.1, 0.15) is 37.7 Å². The minimum absolute atomic E-state index is 0.703. The predicted octanol–water partition coefficient (Wildman–Crippen LogP) is 2.87. The van der Waals surface area contributed by atoms with Crippen molar-refractivity contribution in [3.05, 3.63) is 29.8 Å². The lowest BCUT2D eigenvalue weighted by Gasteiger charge is -2.13. The number of para-hydroxylation sites is 1. The largest absolute Gasteiger partial charge is 0.496 e. The Bertz CT molecular complexity index is 474. The zero-order chi connectivity index (χ0) is 17.6. The molecule has 0 spiro atoms. The molecule has 0 fully saturated rings. The quantitative estimate of drug-likeness (QED) is 0.371. The molecule has 0 aliphatic heterocycles. The topological polar surface area (TPSA) is 48.9 Å². The molecule has 5 nitrogen and oxygen atoms in total. The van der Waals surface area contributed by atoms with Gasteiger partial charge in [-0.1, -0.05) is 37.5 Å². The first-order valence-electron chi connectivity index (χ1n) is 8.88. The molecule has 0 bridgehead atoms. The Morgan fingerprint density at radius 3 is 2.46 bits per heavy atom. The van der Waals surface area contributed by atoms with Gasteiger partial charge in [-0.25, -0.2) is 0 Å². The fraction of sp³-hybridized carbons (Fsp3) is 0.632. The van der Waals surface area contributed by atoms with Crippen molar-refractivity contribution in [1.29, 1.82) is 0 Å². The second kappa shape index (κ2) is 12.6. The Kier molecular flexibility index (Phi) is 10.7. The molecule has 0 atom stereocenters. The van der Waals surface area contributed by atoms with E-state index in [-0.39, 0.29) is 0 Å². The summed E-state index contributed by atoms with van der Waals surface area (Å²) in [7, 11) is 7.77. The van der Waals surface area contributed by atoms with Crippen LogP contribution < -0.4 is 15.4 Å². The van der Waals surface area contributed by atoms with Crippen molar-refractivity contribution in [3.8, 4) is 5.75 Å². The van der Waals surface area contributed by atoms with Gasteiger partial charge in [-0.2, -0.15) is 0 Å². The van der Waals surface area contributed by atoms with Crippen molar-refractivity contribution in [3.63, 3.8) is 0 Å². The third-order valence-electron chi connectivity index (χ3n) is 3.94. The van der Waals surface area contributed by atoms with Crippen LogP contribution in [0.25, 0.3) is 0 Å². The van der Waals surface area contributed by atoms with Gasteiger partial charge < -0.3 is 20.3 Å². The first-order chi connectivity index (χ1) is 11.7. The zero-order valence-electron chi connectivity index (χ0n) is 15.8. The van der Waals surface area contributed by atoms with Crippen LogP contribution in [0.5, 0.6) is 5.75 Å². The maximum Gasteiger partial charge on any atom is 0.191 e. The van der Waals surface area contributed by atoms with Crippen LogP contribution in [0.4, 0.5) is 0 Å². The predicted molar refractivity (Wildman–Crippen MR) is 103 cm³/mol. The third kappa shape index (κ3) is 8.77. The fourth-order valence-corrected chi connectivity index (χ4v) is 2.54. The monoisotopic (exact) mass is 334 g/mol. The van der Waals surface area contributed by atoms with E-state index in [2.05, 4.69) is 40.7 Å². The highest BCUT2D eigenvalue weighted by atomic mass is 16.5. The first-order valence-corrected chi connectivity index (χ1v) is 8.88. The molecule has 1 aromatic rings. The summed E-state index contributed by atoms with van der Waals surface area (Å²) in [5.41, 5.74) is 1.13. The van der Waals surface area contributed by atoms with Crippen molar-refractivity contribution in [2.24, 2.45) is 4.99 Å². The average molecular weight is 335 g/mol. The van der Waals surface area contributed by atoms with Gasteiger partial charge in [-0.05, 0) is 39.5 Å². The third-order valence-corrected chi connectivity index (χ3v) is 3.94. The van der Waals surface area contributed by atoms with Crippen LogP contribution in [0.15, 0.2) is 29.3 Å². The maximum atomic E-state index is 5.37. The summed E-state index contributed by atoms with van der Waals surface area (Å²) >= 11 is 0. The number of ether oxygens (including phenoxy) is 1. The Morgan fingerprint density at radius 2 is 1.75 bits per heavy atom. The summed E-state index contributed by atoms with van der Waals surface area (Å²) in [6, 6.07) is 8.04. The number of rotatable bonds is 11. The second-order valence-corrected chi connectivity index (χ2v) is 6.24. The number of unbranched alkanes of at least 4 members (excludes halogenated alkanes) is 4. The second-order valence-electron chi connectivity index (χ2n) is 6.24. The van der Waals surface area contributed by atoms with E-state index >= 15 is 0 Å². The van der Waals surface area contributed by atoms with E-state index in [1.54, 1.807) is 14.2 Å². The fourth-order valence-electron chi connectivity index (χ4n) is 2.54. The lowest BCUT2D eigenvalue weighted by molar-refractivity contribution is 0.389. The van der Waals surface area contributed by atoms with E-state index in [4.69, 9.17) is 4.74 Å². The summed E-state index contributed by atoms with van der Waals surface area (Å²) in [4.78, 5) is 6.52. The number of hydrogen-bond acceptors (Lipinski definition) is 3. The van der Waals surface area contributed by atoms with Gasteiger partial charge in [-0.15, -0.1) is 0 Å². The molecule has 0 aliphatic carbocycles. The van der Waals surface area contributed by atoms with Gasteiger partial charge in [0.2, 0.25) is 0 Å². The maximum absolute atomic E-state index is 5.37. The van der Waals surface area contributed by atoms with Crippen LogP contribution in [-0.2, 0) is 6.54 Å². The SMILES string of the molecule is CN=C(NCCCCCCCN(C)C)NCc1ccccc1OC. The molecule has 0 amide bonds. The van der Waals surface area contributed by atoms with Crippen LogP contribution in [0.2, 0.25) is 0 Å². The van der Waals surface area contributed by atoms with Crippen LogP contribution in [-0.4, -0.2) is 52.2 Å². The Hall–Kier alpha value is -1.75. The van der Waals surface area contributed by atoms with E-state index in [1.165, 1.54) is 38.6 Å². The molecule has 1 aromatic carbocycles. The Balaban J connectivity index is 2.15. The molecule has 0 aromatic heterocycles. The first kappa shape index (κ1) is 20.3. The van der Waals surface area contributed by atoms with Crippen molar-refractivity contribution in [1.82, 2.24) is 15.5 Å². The molecule has 0 radical (unpaired) electrons. The number of hydrogen-bond donors (Lipinski definition) is 2. The Morgan fingerprint density at radius 1 is 1.04 bits per heavy atom. The zero-order valence-corrected chi connectivity index (χ0v) is 15.8. The Labute approximate surface area is 147 Å². The normalized spacial score (nSPS) is 11.6. The number of nitrogens with one attached hydrogen (secondary N) is 2. The van der Waals surface area contributed by atoms with Gasteiger partial charge in [0.25, 0.3) is 0 Å². The van der Waals surface area contributed by atoms with Crippen molar-refractivity contribution in [2.75, 3.05) is 41.3 Å². The van der Waals surface area contributed by atoms with Gasteiger partial charge >= 0.3 is 0 Å². The molecule has 1 rings (SSSR count). The van der Waals surface area contributed by atoms with Crippen molar-refractivity contribution in [2.45, 2.75) is 38.6 Å². The van der Waals surface area contributed by atoms with E-state index < -0.39 is 0 Å². The highest BCUT2D eigenvalue weighted by Gasteiger charge is 2.03. The summed E-state index contributed by atoms with van der Waals surface area (Å²) in [5, 5.41) is 6.71. The highest BCUT2D eigenvalue weighted by molar-refractivity contribution is 5.79. The van der Waals surface area contributed by atoms with E-state index in [0.717, 1.165) is 23.8 Å². The molecule has 2 N–H and O–H groups in total. The molecular formula is C19H34N4O. The van der Waals surface area contributed by atoms with Crippen LogP contribution in [0.3, 0.4) is 0 Å². The van der Waals surface area contributed by atoms with Gasteiger partial charge in [-0.3, -0.25) is 4.99 Å². The highest BCUT2D eigenvalue weighted by Crippen LogP contribution is 2.16. The average Bonchev–Trinajstić information content (AvgIpc) is 2.59. The van der Waals surface area contributed by atoms with E-state index in [1.807, 2.05) is 18.2 Å². The summed E-state index contributed by atoms with van der Waals surface area (Å²) < 4.78 is 5.37. The molecule has 0 heterocycles. The molecule has 24 heavy (non-hydrogen) atoms. The van der Waals surface area contributed by atoms with Gasteiger partial charge in [0.1, 0.15) is 5.75 Å². The number of methoxy groups -OCH3 is 1. The number of guanidine groups is 1. The minimum atomic E-state index is 0.703. The summed E-state index contributed by atoms with van der Waals surface area (Å²) in [6.45, 7) is 2.85. The van der Waals surface area contributed by atoms with Crippen molar-refractivity contribution >= 4 is 5.96 Å². The van der Waals surface area contributed by atoms with Gasteiger partial charge in [0, 0.05) is 25.7 Å². The molecule has 0 saturated heterocycles. The minimum Gasteiger partial charge on any atom is -0.496 e. The summed E-state index contributed by atoms with van der Waals surface area (Å²) in [6.07, 6.45) is 6.37. The van der Waals surface area contributed by atoms with Crippen LogP contribution in [0, 0.1) is 0 Å². The molecular weight excluding hydrogens is 300 g/mol. The smallest absolute Gasteiger partial charge is 0.191 e. The molecule has 136 valence electrons. The molecule has 0 unspecified atom stereocenters. The lowest BCUT2D eigenvalue weighted by Crippen LogP contribution is -2.37. The molecule has 5 heteroatoms. The van der Waals surface area contributed by atoms with Gasteiger partial charge in [0.05, 0.1) is 7.11 Å². The van der Waals surface area contributed by atoms with Crippen molar-refractivity contribution < 1.29 is 4.74 Å². The summed E-state index contributed by atoms with van der Waals surface area (Å²) in [5.74, 6) is 1.74. The van der Waals surface area contributed by atoms with E-state index in [0.29, 0.717) is 6.54 Å². The number of benzene rings is 1. The lowest BCUT2D eigenvalue weighted by atomic mass is 10.1.